The number of hydrogen-bond acceptors (Lipinski definition) is 6. The van der Waals surface area contributed by atoms with E-state index in [0.29, 0.717) is 11.4 Å². The summed E-state index contributed by atoms with van der Waals surface area (Å²) < 4.78 is 21.0. The number of thiazole rings is 1. The zero-order valence-corrected chi connectivity index (χ0v) is 20.1. The third kappa shape index (κ3) is 5.54. The monoisotopic (exact) mass is 491 g/mol. The normalized spacial score (nSPS) is 16.1. The maximum Gasteiger partial charge on any atom is 0.239 e. The Morgan fingerprint density at radius 3 is 2.81 bits per heavy atom. The van der Waals surface area contributed by atoms with E-state index in [4.69, 9.17) is 16.3 Å². The van der Waals surface area contributed by atoms with Gasteiger partial charge in [0.1, 0.15) is 21.8 Å². The van der Waals surface area contributed by atoms with Gasteiger partial charge in [0.2, 0.25) is 5.91 Å². The number of nitrogens with zero attached hydrogens (tertiary/aromatic N) is 2. The summed E-state index contributed by atoms with van der Waals surface area (Å²) in [7, 11) is 1.64. The molecule has 1 aliphatic heterocycles. The number of ether oxygens (including phenoxy) is 1. The van der Waals surface area contributed by atoms with Gasteiger partial charge in [-0.3, -0.25) is 4.79 Å². The summed E-state index contributed by atoms with van der Waals surface area (Å²) in [5.41, 5.74) is 2.56. The Labute approximate surface area is 200 Å². The van der Waals surface area contributed by atoms with Gasteiger partial charge in [-0.2, -0.15) is 0 Å². The van der Waals surface area contributed by atoms with Crippen LogP contribution in [-0.2, 0) is 11.2 Å². The Kier molecular flexibility index (Phi) is 7.23. The number of benzene rings is 2. The highest BCUT2D eigenvalue weighted by atomic mass is 35.5. The van der Waals surface area contributed by atoms with Gasteiger partial charge < -0.3 is 14.4 Å². The van der Waals surface area contributed by atoms with Crippen molar-refractivity contribution in [1.29, 1.82) is 0 Å². The molecule has 1 aromatic heterocycles. The van der Waals surface area contributed by atoms with Crippen LogP contribution in [0.2, 0.25) is 5.02 Å². The molecule has 9 heteroatoms. The standard InChI is InChI=1S/C23H23ClFN3O2S2/c1-14-23(31-21(26-14)12-15-10-16(24)13-17(25)11-15)27-22(29)20-4-3-9-28(32-20)18-5-7-19(30-2)8-6-18/h5-8,10-11,13,20H,3-4,9,12H2,1-2H3,(H,27,29). The van der Waals surface area contributed by atoms with E-state index in [0.717, 1.165) is 52.1 Å². The fraction of sp³-hybridized carbons (Fsp3) is 0.304. The van der Waals surface area contributed by atoms with Crippen LogP contribution >= 0.6 is 34.9 Å². The maximum absolute atomic E-state index is 13.6. The Morgan fingerprint density at radius 2 is 2.09 bits per heavy atom. The van der Waals surface area contributed by atoms with Crippen molar-refractivity contribution < 1.29 is 13.9 Å². The topological polar surface area (TPSA) is 54.5 Å². The van der Waals surface area contributed by atoms with Crippen molar-refractivity contribution in [3.8, 4) is 5.75 Å². The lowest BCUT2D eigenvalue weighted by Crippen LogP contribution is -2.34. The summed E-state index contributed by atoms with van der Waals surface area (Å²) in [6, 6.07) is 12.3. The molecule has 0 radical (unpaired) electrons. The largest absolute Gasteiger partial charge is 0.497 e. The number of aryl methyl sites for hydroxylation is 1. The van der Waals surface area contributed by atoms with Crippen LogP contribution in [0.3, 0.4) is 0 Å². The molecule has 1 N–H and O–H groups in total. The van der Waals surface area contributed by atoms with E-state index in [-0.39, 0.29) is 17.0 Å². The van der Waals surface area contributed by atoms with Gasteiger partial charge in [0.05, 0.1) is 17.8 Å². The number of rotatable bonds is 6. The summed E-state index contributed by atoms with van der Waals surface area (Å²) in [6.45, 7) is 2.76. The Morgan fingerprint density at radius 1 is 1.31 bits per heavy atom. The number of methoxy groups -OCH3 is 1. The van der Waals surface area contributed by atoms with Crippen LogP contribution in [0.25, 0.3) is 0 Å². The minimum atomic E-state index is -0.370. The van der Waals surface area contributed by atoms with Gasteiger partial charge in [0.15, 0.2) is 0 Å². The maximum atomic E-state index is 13.6. The van der Waals surface area contributed by atoms with Crippen LogP contribution in [0.1, 0.15) is 29.1 Å². The van der Waals surface area contributed by atoms with E-state index in [1.54, 1.807) is 25.1 Å². The molecule has 0 spiro atoms. The molecule has 5 nitrogen and oxygen atoms in total. The molecule has 1 fully saturated rings. The van der Waals surface area contributed by atoms with Gasteiger partial charge in [0, 0.05) is 23.7 Å². The van der Waals surface area contributed by atoms with E-state index < -0.39 is 0 Å². The molecule has 32 heavy (non-hydrogen) atoms. The van der Waals surface area contributed by atoms with E-state index in [1.165, 1.54) is 23.5 Å². The first kappa shape index (κ1) is 22.9. The molecule has 1 atom stereocenters. The quantitative estimate of drug-likeness (QED) is 0.422. The average Bonchev–Trinajstić information content (AvgIpc) is 3.11. The van der Waals surface area contributed by atoms with Gasteiger partial charge in [0.25, 0.3) is 0 Å². The molecule has 1 saturated heterocycles. The molecule has 1 unspecified atom stereocenters. The van der Waals surface area contributed by atoms with Crippen LogP contribution in [0.4, 0.5) is 15.1 Å². The minimum absolute atomic E-state index is 0.0275. The van der Waals surface area contributed by atoms with Crippen molar-refractivity contribution in [1.82, 2.24) is 4.98 Å². The second-order valence-corrected chi connectivity index (χ2v) is 10.2. The SMILES string of the molecule is COc1ccc(N2CCCC(C(=O)Nc3sc(Cc4cc(F)cc(Cl)c4)nc3C)S2)cc1. The zero-order chi connectivity index (χ0) is 22.7. The molecule has 1 amide bonds. The lowest BCUT2D eigenvalue weighted by Gasteiger charge is -2.32. The van der Waals surface area contributed by atoms with E-state index in [9.17, 15) is 9.18 Å². The van der Waals surface area contributed by atoms with Crippen LogP contribution in [0, 0.1) is 12.7 Å². The highest BCUT2D eigenvalue weighted by Crippen LogP contribution is 2.35. The molecule has 168 valence electrons. The molecule has 4 rings (SSSR count). The van der Waals surface area contributed by atoms with Gasteiger partial charge >= 0.3 is 0 Å². The van der Waals surface area contributed by atoms with Gasteiger partial charge in [-0.05, 0) is 79.7 Å². The lowest BCUT2D eigenvalue weighted by atomic mass is 10.1. The minimum Gasteiger partial charge on any atom is -0.497 e. The first-order chi connectivity index (χ1) is 15.4. The molecule has 1 aliphatic rings. The fourth-order valence-corrected chi connectivity index (χ4v) is 5.98. The molecular weight excluding hydrogens is 469 g/mol. The van der Waals surface area contributed by atoms with Crippen molar-refractivity contribution in [2.24, 2.45) is 0 Å². The Bertz CT molecular complexity index is 1090. The summed E-state index contributed by atoms with van der Waals surface area (Å²) in [5, 5.41) is 4.76. The van der Waals surface area contributed by atoms with Crippen LogP contribution in [-0.4, -0.2) is 29.8 Å². The molecule has 0 saturated carbocycles. The van der Waals surface area contributed by atoms with Crippen LogP contribution in [0.15, 0.2) is 42.5 Å². The van der Waals surface area contributed by atoms with Gasteiger partial charge in [-0.15, -0.1) is 11.3 Å². The highest BCUT2D eigenvalue weighted by molar-refractivity contribution is 8.02. The number of carbonyl (C=O) groups excluding carboxylic acids is 1. The first-order valence-electron chi connectivity index (χ1n) is 10.2. The number of halogens is 2. The smallest absolute Gasteiger partial charge is 0.239 e. The first-order valence-corrected chi connectivity index (χ1v) is 12.2. The summed E-state index contributed by atoms with van der Waals surface area (Å²) in [4.78, 5) is 17.5. The zero-order valence-electron chi connectivity index (χ0n) is 17.7. The molecular formula is C23H23ClFN3O2S2. The van der Waals surface area contributed by atoms with Crippen molar-refractivity contribution >= 4 is 51.5 Å². The van der Waals surface area contributed by atoms with Crippen LogP contribution < -0.4 is 14.4 Å². The number of aromatic nitrogens is 1. The lowest BCUT2D eigenvalue weighted by molar-refractivity contribution is -0.115. The van der Waals surface area contributed by atoms with E-state index in [1.807, 2.05) is 31.2 Å². The Balaban J connectivity index is 1.40. The third-order valence-electron chi connectivity index (χ3n) is 5.09. The predicted octanol–water partition coefficient (Wildman–Crippen LogP) is 6.10. The van der Waals surface area contributed by atoms with Crippen molar-refractivity contribution in [3.05, 3.63) is 69.6 Å². The third-order valence-corrected chi connectivity index (χ3v) is 7.73. The number of carbonyl (C=O) groups is 1. The number of amides is 1. The van der Waals surface area contributed by atoms with Gasteiger partial charge in [-0.25, -0.2) is 9.37 Å². The van der Waals surface area contributed by atoms with Crippen molar-refractivity contribution in [2.45, 2.75) is 31.4 Å². The fourth-order valence-electron chi connectivity index (χ4n) is 3.52. The summed E-state index contributed by atoms with van der Waals surface area (Å²) in [5.74, 6) is 0.410. The summed E-state index contributed by atoms with van der Waals surface area (Å²) >= 11 is 8.92. The van der Waals surface area contributed by atoms with Crippen molar-refractivity contribution in [3.63, 3.8) is 0 Å². The average molecular weight is 492 g/mol. The Hall–Kier alpha value is -2.29. The van der Waals surface area contributed by atoms with E-state index >= 15 is 0 Å². The second-order valence-electron chi connectivity index (χ2n) is 7.50. The van der Waals surface area contributed by atoms with Crippen molar-refractivity contribution in [2.75, 3.05) is 23.3 Å². The predicted molar refractivity (Wildman–Crippen MR) is 131 cm³/mol. The van der Waals surface area contributed by atoms with Crippen LogP contribution in [0.5, 0.6) is 5.75 Å². The highest BCUT2D eigenvalue weighted by Gasteiger charge is 2.28. The molecule has 2 aromatic carbocycles. The number of anilines is 2. The molecule has 0 aliphatic carbocycles. The molecule has 0 bridgehead atoms. The number of hydrogen-bond donors (Lipinski definition) is 1. The van der Waals surface area contributed by atoms with Gasteiger partial charge in [-0.1, -0.05) is 11.6 Å². The molecule has 2 heterocycles. The van der Waals surface area contributed by atoms with E-state index in [2.05, 4.69) is 14.6 Å². The number of nitrogens with one attached hydrogen (secondary N) is 1. The molecule has 3 aromatic rings. The second kappa shape index (κ2) is 10.1. The summed E-state index contributed by atoms with van der Waals surface area (Å²) in [6.07, 6.45) is 2.21.